The van der Waals surface area contributed by atoms with E-state index in [1.165, 1.54) is 22.5 Å². The molecule has 0 radical (unpaired) electrons. The van der Waals surface area contributed by atoms with E-state index in [-0.39, 0.29) is 16.9 Å². The molecule has 0 saturated heterocycles. The van der Waals surface area contributed by atoms with Crippen molar-refractivity contribution in [2.24, 2.45) is 0 Å². The van der Waals surface area contributed by atoms with E-state index in [9.17, 15) is 4.39 Å². The number of fused-ring (bicyclic) bond motifs is 1. The number of hydrogen-bond acceptors (Lipinski definition) is 2. The van der Waals surface area contributed by atoms with Gasteiger partial charge in [-0.3, -0.25) is 0 Å². The third-order valence-electron chi connectivity index (χ3n) is 6.95. The van der Waals surface area contributed by atoms with E-state index >= 15 is 0 Å². The van der Waals surface area contributed by atoms with Gasteiger partial charge in [0, 0.05) is 18.2 Å². The Morgan fingerprint density at radius 2 is 1.50 bits per heavy atom. The SMILES string of the molecule is CC(C)(C)[Si](OC[C@@H]1CCc2nc(-c3ccc(F)cc3)cn21)(c1ccccc1)c1ccccc1. The van der Waals surface area contributed by atoms with Crippen LogP contribution in [-0.4, -0.2) is 24.5 Å². The number of benzene rings is 3. The molecule has 1 aliphatic heterocycles. The lowest BCUT2D eigenvalue weighted by Gasteiger charge is -2.43. The largest absolute Gasteiger partial charge is 0.405 e. The summed E-state index contributed by atoms with van der Waals surface area (Å²) >= 11 is 0. The predicted molar refractivity (Wildman–Crippen MR) is 139 cm³/mol. The summed E-state index contributed by atoms with van der Waals surface area (Å²) in [4.78, 5) is 4.85. The van der Waals surface area contributed by atoms with Crippen molar-refractivity contribution in [2.45, 2.75) is 44.7 Å². The summed E-state index contributed by atoms with van der Waals surface area (Å²) in [5.74, 6) is 0.849. The Morgan fingerprint density at radius 3 is 2.06 bits per heavy atom. The van der Waals surface area contributed by atoms with Gasteiger partial charge in [-0.15, -0.1) is 0 Å². The first-order valence-corrected chi connectivity index (χ1v) is 13.9. The van der Waals surface area contributed by atoms with Gasteiger partial charge < -0.3 is 8.99 Å². The maximum Gasteiger partial charge on any atom is 0.261 e. The molecule has 5 rings (SSSR count). The number of aromatic nitrogens is 2. The van der Waals surface area contributed by atoms with Crippen LogP contribution in [0.1, 0.15) is 39.1 Å². The van der Waals surface area contributed by atoms with Crippen molar-refractivity contribution < 1.29 is 8.82 Å². The molecule has 0 amide bonds. The van der Waals surface area contributed by atoms with Crippen LogP contribution in [0.5, 0.6) is 0 Å². The Bertz CT molecular complexity index is 1210. The van der Waals surface area contributed by atoms with E-state index in [1.54, 1.807) is 12.1 Å². The standard InChI is InChI=1S/C29H31FN2OSi/c1-29(2,3)34(25-10-6-4-7-11-25,26-12-8-5-9-13-26)33-21-24-18-19-28-31-27(20-32(24)28)22-14-16-23(30)17-15-22/h4-17,20,24H,18-19,21H2,1-3H3/t24-/m0/s1. The first-order valence-electron chi connectivity index (χ1n) is 12.0. The molecule has 174 valence electrons. The monoisotopic (exact) mass is 470 g/mol. The number of halogens is 1. The maximum atomic E-state index is 13.4. The maximum absolute atomic E-state index is 13.4. The van der Waals surface area contributed by atoms with Gasteiger partial charge in [0.1, 0.15) is 11.6 Å². The number of hydrogen-bond donors (Lipinski definition) is 0. The van der Waals surface area contributed by atoms with Crippen molar-refractivity contribution in [2.75, 3.05) is 6.61 Å². The number of imidazole rings is 1. The Kier molecular flexibility index (Phi) is 6.00. The Hall–Kier alpha value is -3.02. The van der Waals surface area contributed by atoms with Crippen LogP contribution < -0.4 is 10.4 Å². The number of aryl methyl sites for hydroxylation is 1. The second-order valence-corrected chi connectivity index (χ2v) is 14.4. The van der Waals surface area contributed by atoms with Crippen LogP contribution in [0.25, 0.3) is 11.3 Å². The zero-order valence-electron chi connectivity index (χ0n) is 20.0. The fourth-order valence-corrected chi connectivity index (χ4v) is 9.87. The smallest absolute Gasteiger partial charge is 0.261 e. The van der Waals surface area contributed by atoms with Gasteiger partial charge in [0.2, 0.25) is 0 Å². The van der Waals surface area contributed by atoms with Crippen LogP contribution in [-0.2, 0) is 10.8 Å². The average molecular weight is 471 g/mol. The predicted octanol–water partition coefficient (Wildman–Crippen LogP) is 5.75. The normalized spacial score (nSPS) is 15.9. The first kappa shape index (κ1) is 22.8. The van der Waals surface area contributed by atoms with E-state index in [4.69, 9.17) is 9.41 Å². The van der Waals surface area contributed by atoms with E-state index < -0.39 is 8.32 Å². The summed E-state index contributed by atoms with van der Waals surface area (Å²) in [7, 11) is -2.58. The molecule has 0 bridgehead atoms. The minimum atomic E-state index is -2.58. The minimum Gasteiger partial charge on any atom is -0.405 e. The van der Waals surface area contributed by atoms with Crippen LogP contribution in [0.4, 0.5) is 4.39 Å². The quantitative estimate of drug-likeness (QED) is 0.335. The highest BCUT2D eigenvalue weighted by Gasteiger charge is 2.50. The van der Waals surface area contributed by atoms with E-state index in [2.05, 4.69) is 92.2 Å². The average Bonchev–Trinajstić information content (AvgIpc) is 3.42. The summed E-state index contributed by atoms with van der Waals surface area (Å²) in [5.41, 5.74) is 1.83. The summed E-state index contributed by atoms with van der Waals surface area (Å²) in [6, 6.07) is 28.3. The molecule has 1 aliphatic rings. The van der Waals surface area contributed by atoms with E-state index in [0.717, 1.165) is 29.9 Å². The van der Waals surface area contributed by atoms with Crippen LogP contribution in [0.2, 0.25) is 5.04 Å². The van der Waals surface area contributed by atoms with Gasteiger partial charge in [0.15, 0.2) is 0 Å². The van der Waals surface area contributed by atoms with E-state index in [0.29, 0.717) is 6.61 Å². The van der Waals surface area contributed by atoms with Gasteiger partial charge in [-0.05, 0) is 46.1 Å². The summed E-state index contributed by atoms with van der Waals surface area (Å²) in [6.07, 6.45) is 4.05. The molecule has 0 aliphatic carbocycles. The first-order chi connectivity index (χ1) is 16.4. The number of rotatable bonds is 6. The molecule has 0 unspecified atom stereocenters. The highest BCUT2D eigenvalue weighted by Crippen LogP contribution is 2.38. The molecule has 5 heteroatoms. The van der Waals surface area contributed by atoms with Gasteiger partial charge in [0.05, 0.1) is 18.3 Å². The highest BCUT2D eigenvalue weighted by molar-refractivity contribution is 6.99. The van der Waals surface area contributed by atoms with Gasteiger partial charge in [0.25, 0.3) is 8.32 Å². The molecule has 1 aromatic heterocycles. The lowest BCUT2D eigenvalue weighted by Crippen LogP contribution is -2.66. The van der Waals surface area contributed by atoms with Gasteiger partial charge >= 0.3 is 0 Å². The molecule has 0 saturated carbocycles. The minimum absolute atomic E-state index is 0.0502. The molecular weight excluding hydrogens is 439 g/mol. The molecule has 3 aromatic carbocycles. The molecule has 34 heavy (non-hydrogen) atoms. The number of nitrogens with zero attached hydrogens (tertiary/aromatic N) is 2. The van der Waals surface area contributed by atoms with Crippen molar-refractivity contribution in [3.8, 4) is 11.3 Å². The Balaban J connectivity index is 1.48. The summed E-state index contributed by atoms with van der Waals surface area (Å²) in [6.45, 7) is 7.56. The van der Waals surface area contributed by atoms with Crippen LogP contribution >= 0.6 is 0 Å². The third-order valence-corrected chi connectivity index (χ3v) is 12.0. The summed E-state index contributed by atoms with van der Waals surface area (Å²) in [5, 5.41) is 2.54. The molecule has 2 heterocycles. The Morgan fingerprint density at radius 1 is 0.912 bits per heavy atom. The third kappa shape index (κ3) is 4.03. The van der Waals surface area contributed by atoms with Gasteiger partial charge in [-0.2, -0.15) is 0 Å². The van der Waals surface area contributed by atoms with E-state index in [1.807, 2.05) is 0 Å². The molecular formula is C29H31FN2OSi. The molecule has 0 spiro atoms. The lowest BCUT2D eigenvalue weighted by atomic mass is 10.1. The fraction of sp³-hybridized carbons (Fsp3) is 0.276. The zero-order chi connectivity index (χ0) is 23.8. The van der Waals surface area contributed by atoms with Crippen molar-refractivity contribution in [3.63, 3.8) is 0 Å². The van der Waals surface area contributed by atoms with Crippen molar-refractivity contribution in [1.29, 1.82) is 0 Å². The van der Waals surface area contributed by atoms with Crippen LogP contribution in [0, 0.1) is 5.82 Å². The highest BCUT2D eigenvalue weighted by atomic mass is 28.4. The van der Waals surface area contributed by atoms with Crippen LogP contribution in [0.3, 0.4) is 0 Å². The Labute approximate surface area is 202 Å². The van der Waals surface area contributed by atoms with Crippen molar-refractivity contribution in [3.05, 3.63) is 103 Å². The van der Waals surface area contributed by atoms with Gasteiger partial charge in [-0.25, -0.2) is 9.37 Å². The zero-order valence-corrected chi connectivity index (χ0v) is 21.0. The molecule has 0 fully saturated rings. The topological polar surface area (TPSA) is 27.1 Å². The molecule has 3 nitrogen and oxygen atoms in total. The fourth-order valence-electron chi connectivity index (χ4n) is 5.27. The summed E-state index contributed by atoms with van der Waals surface area (Å²) < 4.78 is 22.8. The molecule has 0 N–H and O–H groups in total. The van der Waals surface area contributed by atoms with Gasteiger partial charge in [-0.1, -0.05) is 81.4 Å². The molecule has 1 atom stereocenters. The van der Waals surface area contributed by atoms with Crippen molar-refractivity contribution in [1.82, 2.24) is 9.55 Å². The molecule has 4 aromatic rings. The van der Waals surface area contributed by atoms with Crippen LogP contribution in [0.15, 0.2) is 91.1 Å². The van der Waals surface area contributed by atoms with Crippen molar-refractivity contribution >= 4 is 18.7 Å². The second kappa shape index (κ2) is 8.97. The lowest BCUT2D eigenvalue weighted by molar-refractivity contribution is 0.240. The second-order valence-electron chi connectivity index (χ2n) is 10.1.